The molecule has 0 fully saturated rings. The normalized spacial score (nSPS) is 20.5. The Balaban J connectivity index is -0.000000372. The first-order valence-corrected chi connectivity index (χ1v) is 15.8. The van der Waals surface area contributed by atoms with Gasteiger partial charge in [-0.3, -0.25) is 0 Å². The van der Waals surface area contributed by atoms with Crippen LogP contribution in [-0.2, 0) is 40.0 Å². The molecule has 0 aromatic heterocycles. The Morgan fingerprint density at radius 3 is 0.680 bits per heavy atom. The molecule has 4 atom stereocenters. The molecule has 8 nitrogen and oxygen atoms in total. The summed E-state index contributed by atoms with van der Waals surface area (Å²) in [6.07, 6.45) is -0.687. The molecule has 148 valence electrons. The first-order valence-electron chi connectivity index (χ1n) is 7.82. The Morgan fingerprint density at radius 2 is 0.600 bits per heavy atom. The maximum absolute atomic E-state index is 10.9. The zero-order valence-corrected chi connectivity index (χ0v) is 20.4. The Morgan fingerprint density at radius 1 is 0.480 bits per heavy atom. The van der Waals surface area contributed by atoms with E-state index in [9.17, 15) is 37.8 Å². The average Bonchev–Trinajstić information content (AvgIpc) is 2.52. The van der Waals surface area contributed by atoms with E-state index in [1.807, 2.05) is 0 Å². The Hall–Kier alpha value is 1.47. The molecule has 25 heavy (non-hydrogen) atoms. The maximum Gasteiger partial charge on any atom is 4.00 e. The molecule has 0 saturated carbocycles. The second kappa shape index (κ2) is 13.6. The van der Waals surface area contributed by atoms with Gasteiger partial charge >= 0.3 is 21.7 Å². The van der Waals surface area contributed by atoms with Crippen LogP contribution in [0.5, 0.6) is 0 Å². The molecule has 0 bridgehead atoms. The summed E-state index contributed by atoms with van der Waals surface area (Å²) in [7, 11) is -13.6. The maximum atomic E-state index is 10.9. The molecular formula is C12H28O8P4Ti. The summed E-state index contributed by atoms with van der Waals surface area (Å²) in [5.74, 6) is 0. The Kier molecular flexibility index (Phi) is 17.0. The number of hydrogen-bond acceptors (Lipinski definition) is 8. The summed E-state index contributed by atoms with van der Waals surface area (Å²) in [6.45, 7) is 6.09. The van der Waals surface area contributed by atoms with Crippen LogP contribution in [0.25, 0.3) is 0 Å². The molecule has 0 aliphatic rings. The molecular weight excluding hydrogens is 444 g/mol. The topological polar surface area (TPSA) is 161 Å². The largest absolute Gasteiger partial charge is 4.00 e. The van der Waals surface area contributed by atoms with Gasteiger partial charge in [0.05, 0.1) is 0 Å². The van der Waals surface area contributed by atoms with Gasteiger partial charge in [-0.05, 0) is 49.3 Å². The van der Waals surface area contributed by atoms with Crippen molar-refractivity contribution in [1.29, 1.82) is 0 Å². The van der Waals surface area contributed by atoms with E-state index in [0.29, 0.717) is 0 Å². The van der Waals surface area contributed by atoms with Crippen molar-refractivity contribution in [1.82, 2.24) is 0 Å². The molecule has 0 rings (SSSR count). The van der Waals surface area contributed by atoms with E-state index >= 15 is 0 Å². The van der Waals surface area contributed by atoms with E-state index in [1.54, 1.807) is 0 Å². The summed E-state index contributed by atoms with van der Waals surface area (Å²) in [4.78, 5) is 43.7. The van der Waals surface area contributed by atoms with Crippen LogP contribution in [0.1, 0.15) is 27.7 Å². The quantitative estimate of drug-likeness (QED) is 0.330. The van der Waals surface area contributed by atoms with Gasteiger partial charge in [0, 0.05) is 29.5 Å². The third-order valence-corrected chi connectivity index (χ3v) is 11.7. The summed E-state index contributed by atoms with van der Waals surface area (Å²) in [6, 6.07) is 0. The molecule has 0 aliphatic heterocycles. The second-order valence-corrected chi connectivity index (χ2v) is 16.3. The molecule has 0 heterocycles. The van der Waals surface area contributed by atoms with Crippen molar-refractivity contribution in [2.24, 2.45) is 0 Å². The van der Waals surface area contributed by atoms with Gasteiger partial charge in [-0.2, -0.15) is 0 Å². The summed E-state index contributed by atoms with van der Waals surface area (Å²) in [5.41, 5.74) is 0. The Labute approximate surface area is 165 Å². The van der Waals surface area contributed by atoms with Crippen molar-refractivity contribution in [3.8, 4) is 0 Å². The number of hydrogen-bond donors (Lipinski definition) is 0. The van der Waals surface area contributed by atoms with Gasteiger partial charge in [-0.15, -0.1) is 0 Å². The minimum Gasteiger partial charge on any atom is -0.799 e. The molecule has 0 aromatic carbocycles. The SMILES string of the molecule is CCP(=O)([O-])CCP(=O)([O-])CC.CCP(=O)([O-])CCP(=O)([O-])CC.[Ti+4]. The van der Waals surface area contributed by atoms with Crippen LogP contribution in [0.15, 0.2) is 0 Å². The number of rotatable bonds is 10. The minimum absolute atomic E-state index is 0. The van der Waals surface area contributed by atoms with Crippen LogP contribution < -0.4 is 19.6 Å². The molecule has 0 spiro atoms. The van der Waals surface area contributed by atoms with Crippen molar-refractivity contribution in [3.63, 3.8) is 0 Å². The van der Waals surface area contributed by atoms with Crippen LogP contribution in [0, 0.1) is 0 Å². The van der Waals surface area contributed by atoms with Crippen LogP contribution in [0.3, 0.4) is 0 Å². The zero-order chi connectivity index (χ0) is 19.7. The fraction of sp³-hybridized carbons (Fsp3) is 1.00. The van der Waals surface area contributed by atoms with E-state index in [1.165, 1.54) is 27.7 Å². The second-order valence-electron chi connectivity index (χ2n) is 5.42. The summed E-state index contributed by atoms with van der Waals surface area (Å²) >= 11 is 0. The molecule has 4 unspecified atom stereocenters. The third-order valence-electron chi connectivity index (χ3n) is 3.49. The van der Waals surface area contributed by atoms with Gasteiger partial charge in [-0.25, -0.2) is 0 Å². The zero-order valence-electron chi connectivity index (χ0n) is 15.2. The molecule has 0 radical (unpaired) electrons. The molecule has 13 heteroatoms. The van der Waals surface area contributed by atoms with Gasteiger partial charge in [0.15, 0.2) is 0 Å². The molecule has 0 saturated heterocycles. The molecule has 0 N–H and O–H groups in total. The standard InChI is InChI=1S/2C6H16O4P2.Ti/c2*1-3-11(7,8)5-6-12(9,10)4-2;/h2*3-6H2,1-2H3,(H,7,8)(H,9,10);/q;;+4/p-4. The van der Waals surface area contributed by atoms with E-state index < -0.39 is 29.5 Å². The predicted molar refractivity (Wildman–Crippen MR) is 92.1 cm³/mol. The minimum atomic E-state index is -3.41. The van der Waals surface area contributed by atoms with Crippen molar-refractivity contribution < 1.29 is 59.6 Å². The fourth-order valence-corrected chi connectivity index (χ4v) is 7.38. The van der Waals surface area contributed by atoms with Crippen LogP contribution in [-0.4, -0.2) is 49.3 Å². The third kappa shape index (κ3) is 18.6. The van der Waals surface area contributed by atoms with E-state index in [4.69, 9.17) is 0 Å². The van der Waals surface area contributed by atoms with Crippen molar-refractivity contribution >= 4 is 29.5 Å². The van der Waals surface area contributed by atoms with E-state index in [-0.39, 0.29) is 71.0 Å². The first-order chi connectivity index (χ1) is 10.7. The predicted octanol–water partition coefficient (Wildman–Crippen LogP) is 0.603. The first kappa shape index (κ1) is 31.2. The van der Waals surface area contributed by atoms with Crippen LogP contribution >= 0.6 is 29.5 Å². The van der Waals surface area contributed by atoms with Gasteiger partial charge in [-0.1, -0.05) is 27.7 Å². The molecule has 0 aliphatic carbocycles. The van der Waals surface area contributed by atoms with Crippen LogP contribution in [0.2, 0.25) is 0 Å². The van der Waals surface area contributed by atoms with Gasteiger partial charge < -0.3 is 37.8 Å². The van der Waals surface area contributed by atoms with Crippen molar-refractivity contribution in [2.75, 3.05) is 49.3 Å². The fourth-order valence-electron chi connectivity index (χ4n) is 1.24. The smallest absolute Gasteiger partial charge is 0.799 e. The average molecular weight is 472 g/mol. The van der Waals surface area contributed by atoms with E-state index in [0.717, 1.165) is 0 Å². The van der Waals surface area contributed by atoms with Gasteiger partial charge in [0.1, 0.15) is 0 Å². The summed E-state index contributed by atoms with van der Waals surface area (Å²) < 4.78 is 43.7. The van der Waals surface area contributed by atoms with Crippen molar-refractivity contribution in [2.45, 2.75) is 27.7 Å². The Bertz CT molecular complexity index is 457. The molecule has 0 amide bonds. The van der Waals surface area contributed by atoms with Gasteiger partial charge in [0.25, 0.3) is 0 Å². The summed E-state index contributed by atoms with van der Waals surface area (Å²) in [5, 5.41) is 0. The molecule has 0 aromatic rings. The van der Waals surface area contributed by atoms with E-state index in [2.05, 4.69) is 0 Å². The van der Waals surface area contributed by atoms with Crippen molar-refractivity contribution in [3.05, 3.63) is 0 Å². The monoisotopic (exact) mass is 472 g/mol. The van der Waals surface area contributed by atoms with Crippen LogP contribution in [0.4, 0.5) is 0 Å². The van der Waals surface area contributed by atoms with Gasteiger partial charge in [0.2, 0.25) is 0 Å².